The summed E-state index contributed by atoms with van der Waals surface area (Å²) in [5.41, 5.74) is 10.0. The number of hydrogen-bond donors (Lipinski definition) is 1. The van der Waals surface area contributed by atoms with Crippen LogP contribution in [0.5, 0.6) is 0 Å². The molecule has 3 heteroatoms. The number of rotatable bonds is 1. The first-order valence-corrected chi connectivity index (χ1v) is 6.91. The molecule has 0 aromatic carbocycles. The van der Waals surface area contributed by atoms with Crippen LogP contribution in [0.4, 0.5) is 5.82 Å². The highest BCUT2D eigenvalue weighted by Crippen LogP contribution is 2.41. The third-order valence-corrected chi connectivity index (χ3v) is 4.66. The summed E-state index contributed by atoms with van der Waals surface area (Å²) in [6.45, 7) is 2.20. The summed E-state index contributed by atoms with van der Waals surface area (Å²) < 4.78 is 0. The second-order valence-corrected chi connectivity index (χ2v) is 5.89. The Balaban J connectivity index is 2.21. The van der Waals surface area contributed by atoms with E-state index in [4.69, 9.17) is 5.73 Å². The molecule has 0 amide bonds. The molecule has 1 aliphatic rings. The number of aromatic nitrogens is 1. The van der Waals surface area contributed by atoms with Crippen molar-refractivity contribution in [2.45, 2.75) is 32.6 Å². The van der Waals surface area contributed by atoms with Crippen molar-refractivity contribution in [3.63, 3.8) is 0 Å². The highest BCUT2D eigenvalue weighted by Gasteiger charge is 2.20. The van der Waals surface area contributed by atoms with E-state index >= 15 is 0 Å². The molecule has 0 radical (unpaired) electrons. The van der Waals surface area contributed by atoms with Crippen LogP contribution in [0.1, 0.15) is 28.2 Å². The van der Waals surface area contributed by atoms with Crippen molar-refractivity contribution >= 4 is 17.2 Å². The molecule has 0 fully saturated rings. The van der Waals surface area contributed by atoms with Crippen LogP contribution in [-0.2, 0) is 12.8 Å². The molecule has 2 aromatic rings. The van der Waals surface area contributed by atoms with Gasteiger partial charge in [-0.25, -0.2) is 4.98 Å². The molecular formula is C14H16N2S. The fraction of sp³-hybridized carbons (Fsp3) is 0.357. The van der Waals surface area contributed by atoms with Gasteiger partial charge in [-0.1, -0.05) is 0 Å². The summed E-state index contributed by atoms with van der Waals surface area (Å²) in [7, 11) is 0. The number of nitrogens with two attached hydrogens (primary N) is 1. The normalized spacial score (nSPS) is 14.6. The highest BCUT2D eigenvalue weighted by atomic mass is 32.1. The lowest BCUT2D eigenvalue weighted by Crippen LogP contribution is -2.01. The van der Waals surface area contributed by atoms with Gasteiger partial charge in [0.1, 0.15) is 5.82 Å². The van der Waals surface area contributed by atoms with E-state index < -0.39 is 0 Å². The lowest BCUT2D eigenvalue weighted by atomic mass is 9.92. The predicted octanol–water partition coefficient (Wildman–Crippen LogP) is 3.58. The van der Waals surface area contributed by atoms with E-state index in [1.165, 1.54) is 41.7 Å². The fourth-order valence-electron chi connectivity index (χ4n) is 2.68. The molecule has 0 atom stereocenters. The summed E-state index contributed by atoms with van der Waals surface area (Å²) in [6.07, 6.45) is 6.82. The minimum absolute atomic E-state index is 0.654. The number of anilines is 1. The van der Waals surface area contributed by atoms with E-state index in [-0.39, 0.29) is 0 Å². The predicted molar refractivity (Wildman–Crippen MR) is 73.3 cm³/mol. The van der Waals surface area contributed by atoms with E-state index in [9.17, 15) is 0 Å². The number of nitrogen functional groups attached to an aromatic ring is 1. The maximum absolute atomic E-state index is 6.01. The molecule has 1 aliphatic carbocycles. The molecule has 2 nitrogen and oxygen atoms in total. The van der Waals surface area contributed by atoms with Crippen molar-refractivity contribution in [2.75, 3.05) is 5.73 Å². The van der Waals surface area contributed by atoms with Crippen LogP contribution >= 0.6 is 11.3 Å². The Kier molecular flexibility index (Phi) is 2.63. The molecule has 0 unspecified atom stereocenters. The van der Waals surface area contributed by atoms with Crippen LogP contribution in [0.15, 0.2) is 18.3 Å². The lowest BCUT2D eigenvalue weighted by molar-refractivity contribution is 0.698. The maximum atomic E-state index is 6.01. The van der Waals surface area contributed by atoms with Crippen LogP contribution in [0, 0.1) is 6.92 Å². The van der Waals surface area contributed by atoms with Gasteiger partial charge in [0.15, 0.2) is 0 Å². The van der Waals surface area contributed by atoms with Gasteiger partial charge in [0.25, 0.3) is 0 Å². The smallest absolute Gasteiger partial charge is 0.131 e. The molecule has 0 saturated heterocycles. The largest absolute Gasteiger partial charge is 0.383 e. The van der Waals surface area contributed by atoms with Gasteiger partial charge in [-0.3, -0.25) is 0 Å². The molecule has 0 saturated carbocycles. The molecule has 2 aromatic heterocycles. The van der Waals surface area contributed by atoms with Gasteiger partial charge in [0.2, 0.25) is 0 Å². The van der Waals surface area contributed by atoms with Crippen LogP contribution in [0.2, 0.25) is 0 Å². The average Bonchev–Trinajstić information content (AvgIpc) is 2.66. The summed E-state index contributed by atoms with van der Waals surface area (Å²) in [4.78, 5) is 7.16. The minimum atomic E-state index is 0.654. The monoisotopic (exact) mass is 244 g/mol. The van der Waals surface area contributed by atoms with Gasteiger partial charge in [0, 0.05) is 27.1 Å². The summed E-state index contributed by atoms with van der Waals surface area (Å²) >= 11 is 1.94. The summed E-state index contributed by atoms with van der Waals surface area (Å²) in [6, 6.07) is 4.06. The van der Waals surface area contributed by atoms with Gasteiger partial charge in [-0.05, 0) is 50.3 Å². The number of nitrogens with zero attached hydrogens (tertiary/aromatic N) is 1. The van der Waals surface area contributed by atoms with Crippen LogP contribution in [0.25, 0.3) is 11.1 Å². The zero-order valence-electron chi connectivity index (χ0n) is 9.99. The van der Waals surface area contributed by atoms with Crippen molar-refractivity contribution in [1.29, 1.82) is 0 Å². The standard InChI is InChI=1S/C14H16N2S/c1-9-13(11-6-4-8-16-14(11)15)10-5-2-3-7-12(10)17-9/h4,6,8H,2-3,5,7H2,1H3,(H2,15,16). The summed E-state index contributed by atoms with van der Waals surface area (Å²) in [5.74, 6) is 0.654. The fourth-order valence-corrected chi connectivity index (χ4v) is 3.96. The number of aryl methyl sites for hydroxylation is 2. The molecule has 0 aliphatic heterocycles. The lowest BCUT2D eigenvalue weighted by Gasteiger charge is -2.13. The minimum Gasteiger partial charge on any atom is -0.383 e. The number of fused-ring (bicyclic) bond motifs is 1. The SMILES string of the molecule is Cc1sc2c(c1-c1cccnc1N)CCCC2. The van der Waals surface area contributed by atoms with Gasteiger partial charge < -0.3 is 5.73 Å². The van der Waals surface area contributed by atoms with E-state index in [0.717, 1.165) is 5.56 Å². The quantitative estimate of drug-likeness (QED) is 0.832. The Bertz CT molecular complexity index is 557. The molecule has 17 heavy (non-hydrogen) atoms. The first-order chi connectivity index (χ1) is 8.27. The highest BCUT2D eigenvalue weighted by molar-refractivity contribution is 7.12. The second-order valence-electron chi connectivity index (χ2n) is 4.58. The van der Waals surface area contributed by atoms with Gasteiger partial charge in [-0.15, -0.1) is 11.3 Å². The van der Waals surface area contributed by atoms with Crippen LogP contribution in [0.3, 0.4) is 0 Å². The van der Waals surface area contributed by atoms with Gasteiger partial charge in [0.05, 0.1) is 0 Å². The topological polar surface area (TPSA) is 38.9 Å². The zero-order chi connectivity index (χ0) is 11.8. The Morgan fingerprint density at radius 1 is 1.29 bits per heavy atom. The Morgan fingerprint density at radius 2 is 2.12 bits per heavy atom. The third-order valence-electron chi connectivity index (χ3n) is 3.46. The molecule has 2 N–H and O–H groups in total. The Hall–Kier alpha value is -1.35. The molecular weight excluding hydrogens is 228 g/mol. The van der Waals surface area contributed by atoms with Crippen molar-refractivity contribution in [2.24, 2.45) is 0 Å². The molecule has 3 rings (SSSR count). The molecule has 0 spiro atoms. The Morgan fingerprint density at radius 3 is 2.94 bits per heavy atom. The van der Waals surface area contributed by atoms with E-state index in [2.05, 4.69) is 18.0 Å². The zero-order valence-corrected chi connectivity index (χ0v) is 10.8. The average molecular weight is 244 g/mol. The van der Waals surface area contributed by atoms with Crippen LogP contribution < -0.4 is 5.73 Å². The first kappa shape index (κ1) is 10.8. The third kappa shape index (κ3) is 1.75. The van der Waals surface area contributed by atoms with E-state index in [1.54, 1.807) is 11.1 Å². The van der Waals surface area contributed by atoms with Crippen molar-refractivity contribution in [1.82, 2.24) is 4.98 Å². The van der Waals surface area contributed by atoms with Crippen molar-refractivity contribution in [3.8, 4) is 11.1 Å². The molecule has 2 heterocycles. The molecule has 88 valence electrons. The second kappa shape index (κ2) is 4.15. The first-order valence-electron chi connectivity index (χ1n) is 6.09. The maximum Gasteiger partial charge on any atom is 0.131 e. The summed E-state index contributed by atoms with van der Waals surface area (Å²) in [5, 5.41) is 0. The number of pyridine rings is 1. The number of thiophene rings is 1. The van der Waals surface area contributed by atoms with Crippen LogP contribution in [-0.4, -0.2) is 4.98 Å². The van der Waals surface area contributed by atoms with E-state index in [1.807, 2.05) is 17.4 Å². The van der Waals surface area contributed by atoms with Crippen molar-refractivity contribution in [3.05, 3.63) is 33.6 Å². The Labute approximate surface area is 106 Å². The molecule has 0 bridgehead atoms. The van der Waals surface area contributed by atoms with Gasteiger partial charge in [-0.2, -0.15) is 0 Å². The van der Waals surface area contributed by atoms with E-state index in [0.29, 0.717) is 5.82 Å². The van der Waals surface area contributed by atoms with Crippen molar-refractivity contribution < 1.29 is 0 Å². The van der Waals surface area contributed by atoms with Gasteiger partial charge >= 0.3 is 0 Å². The number of hydrogen-bond acceptors (Lipinski definition) is 3.